The molecule has 6 nitrogen and oxygen atoms in total. The van der Waals surface area contributed by atoms with Gasteiger partial charge in [0, 0.05) is 29.9 Å². The second-order valence-corrected chi connectivity index (χ2v) is 11.1. The summed E-state index contributed by atoms with van der Waals surface area (Å²) in [5, 5.41) is 9.51. The van der Waals surface area contributed by atoms with Gasteiger partial charge in [-0.2, -0.15) is 0 Å². The molecule has 1 aliphatic rings. The van der Waals surface area contributed by atoms with Gasteiger partial charge in [0.05, 0.1) is 5.69 Å². The zero-order valence-corrected chi connectivity index (χ0v) is 25.0. The van der Waals surface area contributed by atoms with Gasteiger partial charge in [-0.1, -0.05) is 64.1 Å². The Hall–Kier alpha value is -3.51. The smallest absolute Gasteiger partial charge is 0.320 e. The molecule has 0 spiro atoms. The number of carboxylic acid groups (broad SMARTS) is 1. The SMILES string of the molecule is CCc1cccc(CC)c1-c1nc(C)c(COc2cc(C(C)C)ccc2C)c(C2=CCN(C(C)C(=O)O)CC2)n1. The minimum atomic E-state index is -0.798. The van der Waals surface area contributed by atoms with Crippen molar-refractivity contribution in [3.05, 3.63) is 81.7 Å². The Morgan fingerprint density at radius 2 is 1.75 bits per heavy atom. The first kappa shape index (κ1) is 29.5. The second kappa shape index (κ2) is 12.8. The normalized spacial score (nSPS) is 14.8. The predicted molar refractivity (Wildman–Crippen MR) is 162 cm³/mol. The van der Waals surface area contributed by atoms with E-state index in [2.05, 4.69) is 77.1 Å². The first-order valence-electron chi connectivity index (χ1n) is 14.5. The van der Waals surface area contributed by atoms with Gasteiger partial charge in [-0.15, -0.1) is 0 Å². The van der Waals surface area contributed by atoms with Crippen LogP contribution >= 0.6 is 0 Å². The van der Waals surface area contributed by atoms with Crippen LogP contribution in [0.2, 0.25) is 0 Å². The molecular formula is C34H43N3O3. The van der Waals surface area contributed by atoms with Crippen molar-refractivity contribution < 1.29 is 14.6 Å². The van der Waals surface area contributed by atoms with Crippen LogP contribution < -0.4 is 4.74 Å². The van der Waals surface area contributed by atoms with Gasteiger partial charge in [-0.3, -0.25) is 9.69 Å². The molecular weight excluding hydrogens is 498 g/mol. The summed E-state index contributed by atoms with van der Waals surface area (Å²) < 4.78 is 6.46. The molecule has 1 unspecified atom stereocenters. The van der Waals surface area contributed by atoms with Crippen LogP contribution in [0.1, 0.15) is 86.2 Å². The zero-order chi connectivity index (χ0) is 29.0. The molecule has 2 heterocycles. The van der Waals surface area contributed by atoms with Crippen molar-refractivity contribution in [1.29, 1.82) is 0 Å². The van der Waals surface area contributed by atoms with Crippen LogP contribution in [0.25, 0.3) is 17.0 Å². The van der Waals surface area contributed by atoms with Crippen LogP contribution in [0.3, 0.4) is 0 Å². The largest absolute Gasteiger partial charge is 0.488 e. The van der Waals surface area contributed by atoms with Crippen molar-refractivity contribution >= 4 is 11.5 Å². The van der Waals surface area contributed by atoms with Crippen molar-refractivity contribution in [1.82, 2.24) is 14.9 Å². The topological polar surface area (TPSA) is 75.5 Å². The van der Waals surface area contributed by atoms with E-state index in [9.17, 15) is 9.90 Å². The number of benzene rings is 2. The third-order valence-electron chi connectivity index (χ3n) is 8.14. The Bertz CT molecular complexity index is 1390. The number of aliphatic carboxylic acids is 1. The van der Waals surface area contributed by atoms with Gasteiger partial charge < -0.3 is 9.84 Å². The molecule has 1 aliphatic heterocycles. The molecule has 0 radical (unpaired) electrons. The number of carboxylic acids is 1. The fraction of sp³-hybridized carbons (Fsp3) is 0.441. The van der Waals surface area contributed by atoms with E-state index < -0.39 is 12.0 Å². The highest BCUT2D eigenvalue weighted by Gasteiger charge is 2.26. The van der Waals surface area contributed by atoms with E-state index >= 15 is 0 Å². The predicted octanol–water partition coefficient (Wildman–Crippen LogP) is 7.15. The van der Waals surface area contributed by atoms with Crippen molar-refractivity contribution in [2.24, 2.45) is 0 Å². The maximum absolute atomic E-state index is 11.6. The number of hydrogen-bond acceptors (Lipinski definition) is 5. The highest BCUT2D eigenvalue weighted by Crippen LogP contribution is 2.33. The van der Waals surface area contributed by atoms with E-state index in [0.29, 0.717) is 25.6 Å². The minimum Gasteiger partial charge on any atom is -0.488 e. The summed E-state index contributed by atoms with van der Waals surface area (Å²) >= 11 is 0. The van der Waals surface area contributed by atoms with Crippen LogP contribution in [0.15, 0.2) is 42.5 Å². The highest BCUT2D eigenvalue weighted by molar-refractivity contribution is 5.74. The molecule has 0 fully saturated rings. The van der Waals surface area contributed by atoms with Gasteiger partial charge in [0.2, 0.25) is 0 Å². The van der Waals surface area contributed by atoms with Crippen LogP contribution in [-0.4, -0.2) is 45.1 Å². The average molecular weight is 542 g/mol. The molecule has 40 heavy (non-hydrogen) atoms. The maximum atomic E-state index is 11.6. The summed E-state index contributed by atoms with van der Waals surface area (Å²) in [5.74, 6) is 1.25. The number of nitrogens with zero attached hydrogens (tertiary/aromatic N) is 3. The van der Waals surface area contributed by atoms with E-state index in [-0.39, 0.29) is 0 Å². The minimum absolute atomic E-state index is 0.368. The zero-order valence-electron chi connectivity index (χ0n) is 25.0. The fourth-order valence-electron chi connectivity index (χ4n) is 5.37. The molecule has 0 bridgehead atoms. The summed E-state index contributed by atoms with van der Waals surface area (Å²) in [5.41, 5.74) is 9.89. The molecule has 0 amide bonds. The molecule has 0 saturated heterocycles. The Kier molecular flexibility index (Phi) is 9.41. The molecule has 0 saturated carbocycles. The molecule has 1 N–H and O–H groups in total. The number of hydrogen-bond donors (Lipinski definition) is 1. The average Bonchev–Trinajstić information content (AvgIpc) is 2.95. The molecule has 4 rings (SSSR count). The first-order chi connectivity index (χ1) is 19.1. The van der Waals surface area contributed by atoms with Gasteiger partial charge in [-0.25, -0.2) is 9.97 Å². The van der Waals surface area contributed by atoms with Gasteiger partial charge in [0.25, 0.3) is 0 Å². The summed E-state index contributed by atoms with van der Waals surface area (Å²) in [4.78, 5) is 23.9. The third kappa shape index (κ3) is 6.28. The van der Waals surface area contributed by atoms with Crippen LogP contribution in [0.5, 0.6) is 5.75 Å². The Balaban J connectivity index is 1.79. The Labute approximate surface area is 239 Å². The number of rotatable bonds is 10. The lowest BCUT2D eigenvalue weighted by Gasteiger charge is -2.30. The van der Waals surface area contributed by atoms with E-state index in [1.807, 2.05) is 11.8 Å². The summed E-state index contributed by atoms with van der Waals surface area (Å²) in [6, 6.07) is 12.3. The fourth-order valence-corrected chi connectivity index (χ4v) is 5.37. The van der Waals surface area contributed by atoms with Crippen molar-refractivity contribution in [2.75, 3.05) is 13.1 Å². The monoisotopic (exact) mass is 541 g/mol. The maximum Gasteiger partial charge on any atom is 0.320 e. The molecule has 2 aromatic carbocycles. The Morgan fingerprint density at radius 1 is 1.05 bits per heavy atom. The number of carbonyl (C=O) groups is 1. The van der Waals surface area contributed by atoms with Gasteiger partial charge in [0.1, 0.15) is 18.4 Å². The van der Waals surface area contributed by atoms with Crippen LogP contribution in [0.4, 0.5) is 0 Å². The molecule has 212 valence electrons. The summed E-state index contributed by atoms with van der Waals surface area (Å²) in [6.07, 6.45) is 4.66. The van der Waals surface area contributed by atoms with E-state index in [1.165, 1.54) is 16.7 Å². The van der Waals surface area contributed by atoms with Crippen molar-refractivity contribution in [3.63, 3.8) is 0 Å². The molecule has 1 aromatic heterocycles. The van der Waals surface area contributed by atoms with Crippen molar-refractivity contribution in [2.45, 2.75) is 86.3 Å². The second-order valence-electron chi connectivity index (χ2n) is 11.1. The standard InChI is InChI=1S/C34H43N3O3/c1-8-25-11-10-12-26(9-2)31(25)33-35-23(6)29(20-40-30-19-28(21(3)4)14-13-22(30)5)32(36-33)27-15-17-37(18-16-27)24(7)34(38)39/h10-15,19,21,24H,8-9,16-18,20H2,1-7H3,(H,38,39). The molecule has 3 aromatic rings. The van der Waals surface area contributed by atoms with Crippen LogP contribution in [0, 0.1) is 13.8 Å². The highest BCUT2D eigenvalue weighted by atomic mass is 16.5. The molecule has 6 heteroatoms. The van der Waals surface area contributed by atoms with E-state index in [1.54, 1.807) is 6.92 Å². The number of aromatic nitrogens is 2. The lowest BCUT2D eigenvalue weighted by Crippen LogP contribution is -2.41. The third-order valence-corrected chi connectivity index (χ3v) is 8.14. The summed E-state index contributed by atoms with van der Waals surface area (Å²) in [7, 11) is 0. The molecule has 0 aliphatic carbocycles. The number of aryl methyl sites for hydroxylation is 4. The van der Waals surface area contributed by atoms with Crippen molar-refractivity contribution in [3.8, 4) is 17.1 Å². The van der Waals surface area contributed by atoms with E-state index in [4.69, 9.17) is 14.7 Å². The number of ether oxygens (including phenoxy) is 1. The quantitative estimate of drug-likeness (QED) is 0.294. The lowest BCUT2D eigenvalue weighted by molar-refractivity contribution is -0.142. The van der Waals surface area contributed by atoms with Crippen LogP contribution in [-0.2, 0) is 24.2 Å². The summed E-state index contributed by atoms with van der Waals surface area (Å²) in [6.45, 7) is 16.2. The molecule has 1 atom stereocenters. The van der Waals surface area contributed by atoms with Gasteiger partial charge >= 0.3 is 5.97 Å². The van der Waals surface area contributed by atoms with Gasteiger partial charge in [-0.05, 0) is 79.8 Å². The first-order valence-corrected chi connectivity index (χ1v) is 14.5. The van der Waals surface area contributed by atoms with E-state index in [0.717, 1.165) is 64.5 Å². The lowest BCUT2D eigenvalue weighted by atomic mass is 9.95. The van der Waals surface area contributed by atoms with Gasteiger partial charge in [0.15, 0.2) is 5.82 Å². The Morgan fingerprint density at radius 3 is 2.33 bits per heavy atom.